The van der Waals surface area contributed by atoms with Crippen molar-refractivity contribution in [2.24, 2.45) is 5.92 Å². The molecule has 0 radical (unpaired) electrons. The Bertz CT molecular complexity index is 484. The molecule has 0 aliphatic heterocycles. The predicted molar refractivity (Wildman–Crippen MR) is 73.2 cm³/mol. The van der Waals surface area contributed by atoms with Crippen molar-refractivity contribution in [3.05, 3.63) is 35.9 Å². The first-order valence-corrected chi connectivity index (χ1v) is 7.63. The molecular weight excluding hydrogens is 248 g/mol. The molecule has 1 rings (SSSR count). The minimum Gasteiger partial charge on any atom is -0.303 e. The number of hydrogen-bond acceptors (Lipinski definition) is 3. The molecule has 1 atom stereocenters. The summed E-state index contributed by atoms with van der Waals surface area (Å²) in [7, 11) is -3.26. The molecule has 0 aromatic heterocycles. The van der Waals surface area contributed by atoms with Gasteiger partial charge >= 0.3 is 0 Å². The lowest BCUT2D eigenvalue weighted by Crippen LogP contribution is -2.34. The molecule has 0 unspecified atom stereocenters. The number of carbonyl (C=O) groups is 1. The van der Waals surface area contributed by atoms with E-state index >= 15 is 0 Å². The standard InChI is InChI=1S/C14H20O3S/c1-14(2,3)18(16,17)11-13(10-15)9-12-7-5-4-6-8-12/h4-8,10,13H,9,11H2,1-3H3/t13-/m0/s1. The van der Waals surface area contributed by atoms with E-state index in [0.29, 0.717) is 6.42 Å². The van der Waals surface area contributed by atoms with Crippen LogP contribution < -0.4 is 0 Å². The third-order valence-electron chi connectivity index (χ3n) is 2.90. The van der Waals surface area contributed by atoms with Crippen molar-refractivity contribution >= 4 is 16.1 Å². The van der Waals surface area contributed by atoms with Crippen LogP contribution >= 0.6 is 0 Å². The highest BCUT2D eigenvalue weighted by atomic mass is 32.2. The summed E-state index contributed by atoms with van der Waals surface area (Å²) in [4.78, 5) is 11.0. The molecule has 1 aromatic rings. The van der Waals surface area contributed by atoms with Crippen LogP contribution in [0.2, 0.25) is 0 Å². The number of benzene rings is 1. The van der Waals surface area contributed by atoms with Gasteiger partial charge in [0.25, 0.3) is 0 Å². The fraction of sp³-hybridized carbons (Fsp3) is 0.500. The van der Waals surface area contributed by atoms with Crippen LogP contribution in [0.5, 0.6) is 0 Å². The Morgan fingerprint density at radius 2 is 1.72 bits per heavy atom. The average Bonchev–Trinajstić information content (AvgIpc) is 2.27. The van der Waals surface area contributed by atoms with E-state index in [1.54, 1.807) is 20.8 Å². The molecule has 0 saturated carbocycles. The summed E-state index contributed by atoms with van der Waals surface area (Å²) in [6.45, 7) is 4.98. The van der Waals surface area contributed by atoms with Crippen LogP contribution in [0.25, 0.3) is 0 Å². The quantitative estimate of drug-likeness (QED) is 0.770. The summed E-state index contributed by atoms with van der Waals surface area (Å²) in [6.07, 6.45) is 1.22. The molecule has 0 amide bonds. The van der Waals surface area contributed by atoms with Crippen LogP contribution in [0.3, 0.4) is 0 Å². The maximum atomic E-state index is 12.1. The first-order chi connectivity index (χ1) is 8.26. The van der Waals surface area contributed by atoms with Crippen molar-refractivity contribution in [1.82, 2.24) is 0 Å². The van der Waals surface area contributed by atoms with Crippen LogP contribution in [0.4, 0.5) is 0 Å². The van der Waals surface area contributed by atoms with Crippen LogP contribution in [-0.4, -0.2) is 25.2 Å². The molecule has 0 saturated heterocycles. The van der Waals surface area contributed by atoms with Gasteiger partial charge in [-0.05, 0) is 32.8 Å². The number of aldehydes is 1. The molecule has 0 heterocycles. The van der Waals surface area contributed by atoms with Crippen molar-refractivity contribution in [3.8, 4) is 0 Å². The average molecular weight is 268 g/mol. The summed E-state index contributed by atoms with van der Waals surface area (Å²) in [5, 5.41) is 0. The Morgan fingerprint density at radius 3 is 2.17 bits per heavy atom. The lowest BCUT2D eigenvalue weighted by molar-refractivity contribution is -0.110. The fourth-order valence-electron chi connectivity index (χ4n) is 1.59. The van der Waals surface area contributed by atoms with E-state index < -0.39 is 20.5 Å². The minimum atomic E-state index is -3.26. The van der Waals surface area contributed by atoms with E-state index in [4.69, 9.17) is 0 Å². The second-order valence-corrected chi connectivity index (χ2v) is 8.27. The first-order valence-electron chi connectivity index (χ1n) is 5.98. The largest absolute Gasteiger partial charge is 0.303 e. The molecule has 18 heavy (non-hydrogen) atoms. The van der Waals surface area contributed by atoms with Crippen molar-refractivity contribution in [2.45, 2.75) is 31.9 Å². The van der Waals surface area contributed by atoms with E-state index in [-0.39, 0.29) is 5.75 Å². The van der Waals surface area contributed by atoms with E-state index in [0.717, 1.165) is 11.8 Å². The summed E-state index contributed by atoms with van der Waals surface area (Å²) in [5.74, 6) is -0.564. The highest BCUT2D eigenvalue weighted by molar-refractivity contribution is 7.92. The maximum Gasteiger partial charge on any atom is 0.155 e. The van der Waals surface area contributed by atoms with Gasteiger partial charge < -0.3 is 4.79 Å². The van der Waals surface area contributed by atoms with E-state index in [2.05, 4.69) is 0 Å². The highest BCUT2D eigenvalue weighted by Gasteiger charge is 2.31. The molecule has 0 aliphatic rings. The molecule has 3 nitrogen and oxygen atoms in total. The molecule has 0 fully saturated rings. The van der Waals surface area contributed by atoms with Crippen molar-refractivity contribution < 1.29 is 13.2 Å². The van der Waals surface area contributed by atoms with Gasteiger partial charge in [-0.15, -0.1) is 0 Å². The highest BCUT2D eigenvalue weighted by Crippen LogP contribution is 2.20. The van der Waals surface area contributed by atoms with Gasteiger partial charge in [-0.3, -0.25) is 0 Å². The third-order valence-corrected chi connectivity index (χ3v) is 5.63. The van der Waals surface area contributed by atoms with Crippen molar-refractivity contribution in [1.29, 1.82) is 0 Å². The molecular formula is C14H20O3S. The maximum absolute atomic E-state index is 12.1. The molecule has 4 heteroatoms. The topological polar surface area (TPSA) is 51.2 Å². The van der Waals surface area contributed by atoms with E-state index in [1.165, 1.54) is 0 Å². The predicted octanol–water partition coefficient (Wildman–Crippen LogP) is 2.26. The van der Waals surface area contributed by atoms with Gasteiger partial charge in [-0.25, -0.2) is 8.42 Å². The second-order valence-electron chi connectivity index (χ2n) is 5.48. The third kappa shape index (κ3) is 3.95. The van der Waals surface area contributed by atoms with Gasteiger partial charge in [0.05, 0.1) is 10.5 Å². The molecule has 1 aromatic carbocycles. The van der Waals surface area contributed by atoms with Gasteiger partial charge in [0.2, 0.25) is 0 Å². The van der Waals surface area contributed by atoms with Crippen molar-refractivity contribution in [2.75, 3.05) is 5.75 Å². The molecule has 0 aliphatic carbocycles. The summed E-state index contributed by atoms with van der Waals surface area (Å²) in [6, 6.07) is 9.47. The minimum absolute atomic E-state index is 0.0884. The number of sulfone groups is 1. The van der Waals surface area contributed by atoms with Gasteiger partial charge in [0.1, 0.15) is 6.29 Å². The van der Waals surface area contributed by atoms with Crippen molar-refractivity contribution in [3.63, 3.8) is 0 Å². The lowest BCUT2D eigenvalue weighted by Gasteiger charge is -2.21. The van der Waals surface area contributed by atoms with Crippen LogP contribution in [0.1, 0.15) is 26.3 Å². The van der Waals surface area contributed by atoms with Gasteiger partial charge in [-0.1, -0.05) is 30.3 Å². The lowest BCUT2D eigenvalue weighted by atomic mass is 10.0. The van der Waals surface area contributed by atoms with Crippen LogP contribution in [0, 0.1) is 5.92 Å². The van der Waals surface area contributed by atoms with Gasteiger partial charge in [0.15, 0.2) is 9.84 Å². The molecule has 0 N–H and O–H groups in total. The first kappa shape index (κ1) is 14.9. The zero-order valence-corrected chi connectivity index (χ0v) is 11.9. The van der Waals surface area contributed by atoms with Crippen LogP contribution in [-0.2, 0) is 21.1 Å². The zero-order chi connectivity index (χ0) is 13.8. The molecule has 0 bridgehead atoms. The number of rotatable bonds is 5. The van der Waals surface area contributed by atoms with E-state index in [1.807, 2.05) is 30.3 Å². The Labute approximate surface area is 109 Å². The monoisotopic (exact) mass is 268 g/mol. The van der Waals surface area contributed by atoms with E-state index in [9.17, 15) is 13.2 Å². The zero-order valence-electron chi connectivity index (χ0n) is 11.1. The van der Waals surface area contributed by atoms with Gasteiger partial charge in [-0.2, -0.15) is 0 Å². The Morgan fingerprint density at radius 1 is 1.17 bits per heavy atom. The SMILES string of the molecule is CC(C)(C)S(=O)(=O)C[C@H](C=O)Cc1ccccc1. The normalized spacial score (nSPS) is 14.2. The number of hydrogen-bond donors (Lipinski definition) is 0. The summed E-state index contributed by atoms with van der Waals surface area (Å²) >= 11 is 0. The Kier molecular flexibility index (Phi) is 4.68. The van der Waals surface area contributed by atoms with Gasteiger partial charge in [0, 0.05) is 5.92 Å². The fourth-order valence-corrected chi connectivity index (χ4v) is 2.86. The molecule has 100 valence electrons. The smallest absolute Gasteiger partial charge is 0.155 e. The summed E-state index contributed by atoms with van der Waals surface area (Å²) < 4.78 is 23.3. The molecule has 0 spiro atoms. The number of carbonyl (C=O) groups excluding carboxylic acids is 1. The second kappa shape index (κ2) is 5.65. The van der Waals surface area contributed by atoms with Crippen LogP contribution in [0.15, 0.2) is 30.3 Å². The Hall–Kier alpha value is -1.16. The summed E-state index contributed by atoms with van der Waals surface area (Å²) in [5.41, 5.74) is 0.985. The Balaban J connectivity index is 2.79.